The van der Waals surface area contributed by atoms with Crippen molar-refractivity contribution in [2.75, 3.05) is 18.6 Å². The third-order valence-electron chi connectivity index (χ3n) is 3.33. The SMILES string of the molecule is CSCCCCNC1CC(C(C)C)C1. The minimum Gasteiger partial charge on any atom is -0.314 e. The second kappa shape index (κ2) is 6.73. The Morgan fingerprint density at radius 2 is 2.00 bits per heavy atom. The van der Waals surface area contributed by atoms with Crippen molar-refractivity contribution in [3.63, 3.8) is 0 Å². The van der Waals surface area contributed by atoms with E-state index in [0.29, 0.717) is 0 Å². The molecule has 1 nitrogen and oxygen atoms in total. The molecule has 0 amide bonds. The van der Waals surface area contributed by atoms with Gasteiger partial charge in [-0.15, -0.1) is 0 Å². The minimum absolute atomic E-state index is 0.844. The Kier molecular flexibility index (Phi) is 5.95. The maximum Gasteiger partial charge on any atom is 0.00725 e. The largest absolute Gasteiger partial charge is 0.314 e. The Balaban J connectivity index is 1.86. The fraction of sp³-hybridized carbons (Fsp3) is 1.00. The Hall–Kier alpha value is 0.310. The first-order valence-electron chi connectivity index (χ1n) is 5.96. The average Bonchev–Trinajstić information content (AvgIpc) is 2.06. The van der Waals surface area contributed by atoms with Gasteiger partial charge in [0, 0.05) is 6.04 Å². The molecule has 0 heterocycles. The van der Waals surface area contributed by atoms with Crippen LogP contribution in [0.2, 0.25) is 0 Å². The quantitative estimate of drug-likeness (QED) is 0.655. The molecule has 0 radical (unpaired) electrons. The van der Waals surface area contributed by atoms with Crippen LogP contribution < -0.4 is 5.32 Å². The number of unbranched alkanes of at least 4 members (excludes halogenated alkanes) is 1. The summed E-state index contributed by atoms with van der Waals surface area (Å²) in [5.74, 6) is 3.21. The maximum absolute atomic E-state index is 3.65. The first kappa shape index (κ1) is 12.4. The lowest BCUT2D eigenvalue weighted by Crippen LogP contribution is -2.43. The van der Waals surface area contributed by atoms with E-state index in [2.05, 4.69) is 25.4 Å². The van der Waals surface area contributed by atoms with Gasteiger partial charge in [-0.25, -0.2) is 0 Å². The molecule has 0 bridgehead atoms. The second-order valence-corrected chi connectivity index (χ2v) is 5.81. The van der Waals surface area contributed by atoms with Crippen LogP contribution in [0.15, 0.2) is 0 Å². The Labute approximate surface area is 93.4 Å². The molecule has 14 heavy (non-hydrogen) atoms. The number of thioether (sulfide) groups is 1. The van der Waals surface area contributed by atoms with E-state index >= 15 is 0 Å². The highest BCUT2D eigenvalue weighted by Crippen LogP contribution is 2.33. The molecule has 1 saturated carbocycles. The lowest BCUT2D eigenvalue weighted by molar-refractivity contribution is 0.169. The number of hydrogen-bond donors (Lipinski definition) is 1. The highest BCUT2D eigenvalue weighted by Gasteiger charge is 2.30. The average molecular weight is 215 g/mol. The fourth-order valence-corrected chi connectivity index (χ4v) is 2.54. The smallest absolute Gasteiger partial charge is 0.00725 e. The van der Waals surface area contributed by atoms with E-state index in [4.69, 9.17) is 0 Å². The summed E-state index contributed by atoms with van der Waals surface area (Å²) in [5, 5.41) is 3.65. The summed E-state index contributed by atoms with van der Waals surface area (Å²) in [5.41, 5.74) is 0. The summed E-state index contributed by atoms with van der Waals surface area (Å²) >= 11 is 1.96. The van der Waals surface area contributed by atoms with Gasteiger partial charge in [-0.3, -0.25) is 0 Å². The highest BCUT2D eigenvalue weighted by atomic mass is 32.2. The molecule has 0 saturated heterocycles. The first-order chi connectivity index (χ1) is 6.74. The molecule has 1 N–H and O–H groups in total. The summed E-state index contributed by atoms with van der Waals surface area (Å²) in [4.78, 5) is 0. The van der Waals surface area contributed by atoms with Crippen LogP contribution >= 0.6 is 11.8 Å². The van der Waals surface area contributed by atoms with Crippen molar-refractivity contribution in [1.29, 1.82) is 0 Å². The van der Waals surface area contributed by atoms with Crippen LogP contribution in [0.5, 0.6) is 0 Å². The second-order valence-electron chi connectivity index (χ2n) is 4.83. The number of nitrogens with one attached hydrogen (secondary N) is 1. The van der Waals surface area contributed by atoms with Gasteiger partial charge in [0.25, 0.3) is 0 Å². The van der Waals surface area contributed by atoms with Crippen LogP contribution in [0.1, 0.15) is 39.5 Å². The normalized spacial score (nSPS) is 26.6. The molecular formula is C12H25NS. The lowest BCUT2D eigenvalue weighted by Gasteiger charge is -2.38. The van der Waals surface area contributed by atoms with E-state index in [9.17, 15) is 0 Å². The van der Waals surface area contributed by atoms with E-state index in [0.717, 1.165) is 17.9 Å². The maximum atomic E-state index is 3.65. The van der Waals surface area contributed by atoms with Gasteiger partial charge in [0.05, 0.1) is 0 Å². The van der Waals surface area contributed by atoms with Crippen molar-refractivity contribution in [3.8, 4) is 0 Å². The van der Waals surface area contributed by atoms with E-state index in [1.54, 1.807) is 0 Å². The van der Waals surface area contributed by atoms with Gasteiger partial charge in [-0.1, -0.05) is 13.8 Å². The summed E-state index contributed by atoms with van der Waals surface area (Å²) < 4.78 is 0. The molecule has 2 heteroatoms. The first-order valence-corrected chi connectivity index (χ1v) is 7.35. The fourth-order valence-electron chi connectivity index (χ4n) is 2.05. The van der Waals surface area contributed by atoms with Crippen LogP contribution in [0.3, 0.4) is 0 Å². The molecule has 0 unspecified atom stereocenters. The molecular weight excluding hydrogens is 190 g/mol. The topological polar surface area (TPSA) is 12.0 Å². The summed E-state index contributed by atoms with van der Waals surface area (Å²) in [6, 6.07) is 0.844. The zero-order valence-electron chi connectivity index (χ0n) is 9.88. The van der Waals surface area contributed by atoms with Gasteiger partial charge in [-0.05, 0) is 56.1 Å². The third-order valence-corrected chi connectivity index (χ3v) is 4.02. The predicted octanol–water partition coefficient (Wildman–Crippen LogP) is 3.15. The Bertz CT molecular complexity index is 141. The number of hydrogen-bond acceptors (Lipinski definition) is 2. The summed E-state index contributed by atoms with van der Waals surface area (Å²) in [6.07, 6.45) is 7.74. The van der Waals surface area contributed by atoms with Crippen molar-refractivity contribution in [2.24, 2.45) is 11.8 Å². The highest BCUT2D eigenvalue weighted by molar-refractivity contribution is 7.98. The van der Waals surface area contributed by atoms with Crippen molar-refractivity contribution in [1.82, 2.24) is 5.32 Å². The van der Waals surface area contributed by atoms with E-state index in [-0.39, 0.29) is 0 Å². The molecule has 0 aromatic rings. The predicted molar refractivity (Wildman–Crippen MR) is 67.0 cm³/mol. The molecule has 1 aliphatic rings. The summed E-state index contributed by atoms with van der Waals surface area (Å²) in [6.45, 7) is 5.93. The zero-order chi connectivity index (χ0) is 10.4. The molecule has 0 atom stereocenters. The molecule has 84 valence electrons. The van der Waals surface area contributed by atoms with Gasteiger partial charge in [0.1, 0.15) is 0 Å². The van der Waals surface area contributed by atoms with Gasteiger partial charge in [-0.2, -0.15) is 11.8 Å². The molecule has 1 rings (SSSR count). The molecule has 0 spiro atoms. The zero-order valence-corrected chi connectivity index (χ0v) is 10.7. The van der Waals surface area contributed by atoms with Crippen molar-refractivity contribution >= 4 is 11.8 Å². The van der Waals surface area contributed by atoms with Gasteiger partial charge >= 0.3 is 0 Å². The third kappa shape index (κ3) is 4.22. The minimum atomic E-state index is 0.844. The lowest BCUT2D eigenvalue weighted by atomic mass is 9.74. The Morgan fingerprint density at radius 1 is 1.29 bits per heavy atom. The van der Waals surface area contributed by atoms with E-state index in [1.165, 1.54) is 38.0 Å². The van der Waals surface area contributed by atoms with Crippen LogP contribution in [0.4, 0.5) is 0 Å². The van der Waals surface area contributed by atoms with Crippen molar-refractivity contribution in [2.45, 2.75) is 45.6 Å². The van der Waals surface area contributed by atoms with Crippen molar-refractivity contribution < 1.29 is 0 Å². The number of rotatable bonds is 7. The monoisotopic (exact) mass is 215 g/mol. The Morgan fingerprint density at radius 3 is 2.57 bits per heavy atom. The molecule has 0 aromatic heterocycles. The van der Waals surface area contributed by atoms with E-state index < -0.39 is 0 Å². The van der Waals surface area contributed by atoms with Crippen LogP contribution in [-0.4, -0.2) is 24.6 Å². The molecule has 1 fully saturated rings. The molecule has 0 aliphatic heterocycles. The van der Waals surface area contributed by atoms with E-state index in [1.807, 2.05) is 11.8 Å². The summed E-state index contributed by atoms with van der Waals surface area (Å²) in [7, 11) is 0. The van der Waals surface area contributed by atoms with Crippen LogP contribution in [-0.2, 0) is 0 Å². The standard InChI is InChI=1S/C12H25NS/c1-10(2)11-8-12(9-11)13-6-4-5-7-14-3/h10-13H,4-9H2,1-3H3. The van der Waals surface area contributed by atoms with Gasteiger partial charge < -0.3 is 5.32 Å². The van der Waals surface area contributed by atoms with Crippen LogP contribution in [0.25, 0.3) is 0 Å². The van der Waals surface area contributed by atoms with Gasteiger partial charge in [0.2, 0.25) is 0 Å². The van der Waals surface area contributed by atoms with Crippen molar-refractivity contribution in [3.05, 3.63) is 0 Å². The van der Waals surface area contributed by atoms with Gasteiger partial charge in [0.15, 0.2) is 0 Å². The van der Waals surface area contributed by atoms with Crippen LogP contribution in [0, 0.1) is 11.8 Å². The molecule has 0 aromatic carbocycles. The molecule has 1 aliphatic carbocycles.